The van der Waals surface area contributed by atoms with Crippen LogP contribution in [-0.4, -0.2) is 38.9 Å². The Morgan fingerprint density at radius 1 is 1.53 bits per heavy atom. The number of sulfonamides is 1. The molecule has 2 rings (SSSR count). The van der Waals surface area contributed by atoms with Crippen LogP contribution in [0.2, 0.25) is 0 Å². The summed E-state index contributed by atoms with van der Waals surface area (Å²) in [4.78, 5) is 0.173. The topological polar surface area (TPSA) is 73.2 Å². The highest BCUT2D eigenvalue weighted by molar-refractivity contribution is 7.89. The minimum Gasteiger partial charge on any atom is -0.313 e. The molecule has 1 heterocycles. The van der Waals surface area contributed by atoms with Gasteiger partial charge in [0.05, 0.1) is 16.5 Å². The summed E-state index contributed by atoms with van der Waals surface area (Å²) >= 11 is 0. The number of nitrogens with one attached hydrogen (secondary N) is 1. The Kier molecular flexibility index (Phi) is 4.20. The number of benzene rings is 1. The van der Waals surface area contributed by atoms with Crippen molar-refractivity contribution in [3.63, 3.8) is 0 Å². The van der Waals surface area contributed by atoms with E-state index in [9.17, 15) is 8.42 Å². The molecule has 1 N–H and O–H groups in total. The van der Waals surface area contributed by atoms with Crippen molar-refractivity contribution in [3.8, 4) is 6.07 Å². The predicted molar refractivity (Wildman–Crippen MR) is 72.0 cm³/mol. The van der Waals surface area contributed by atoms with E-state index in [0.717, 1.165) is 19.4 Å². The van der Waals surface area contributed by atoms with E-state index in [1.807, 2.05) is 6.07 Å². The molecule has 1 aromatic rings. The van der Waals surface area contributed by atoms with Crippen molar-refractivity contribution in [2.75, 3.05) is 20.1 Å². The smallest absolute Gasteiger partial charge is 0.242 e. The lowest BCUT2D eigenvalue weighted by molar-refractivity contribution is 0.417. The first kappa shape index (κ1) is 14.0. The van der Waals surface area contributed by atoms with Gasteiger partial charge in [0.25, 0.3) is 0 Å². The van der Waals surface area contributed by atoms with Gasteiger partial charge in [-0.15, -0.1) is 0 Å². The summed E-state index contributed by atoms with van der Waals surface area (Å²) in [6.07, 6.45) is 2.08. The van der Waals surface area contributed by atoms with Crippen LogP contribution in [0.1, 0.15) is 18.4 Å². The summed E-state index contributed by atoms with van der Waals surface area (Å²) < 4.78 is 26.1. The van der Waals surface area contributed by atoms with Gasteiger partial charge >= 0.3 is 0 Å². The molecule has 0 amide bonds. The molecule has 1 aliphatic heterocycles. The van der Waals surface area contributed by atoms with Crippen LogP contribution in [-0.2, 0) is 10.0 Å². The molecule has 0 spiro atoms. The van der Waals surface area contributed by atoms with E-state index in [1.165, 1.54) is 16.4 Å². The van der Waals surface area contributed by atoms with Gasteiger partial charge in [-0.1, -0.05) is 6.07 Å². The van der Waals surface area contributed by atoms with Crippen molar-refractivity contribution >= 4 is 10.0 Å². The first-order valence-corrected chi connectivity index (χ1v) is 7.68. The van der Waals surface area contributed by atoms with Crippen LogP contribution >= 0.6 is 0 Å². The first-order valence-electron chi connectivity index (χ1n) is 6.24. The molecule has 102 valence electrons. The van der Waals surface area contributed by atoms with Crippen LogP contribution in [0.25, 0.3) is 0 Å². The molecule has 1 atom stereocenters. The molecule has 5 nitrogen and oxygen atoms in total. The maximum Gasteiger partial charge on any atom is 0.242 e. The highest BCUT2D eigenvalue weighted by Crippen LogP contribution is 2.17. The Hall–Kier alpha value is -1.42. The molecular formula is C13H17N3O2S. The first-order chi connectivity index (χ1) is 9.04. The van der Waals surface area contributed by atoms with E-state index in [1.54, 1.807) is 19.2 Å². The van der Waals surface area contributed by atoms with Gasteiger partial charge in [0.2, 0.25) is 10.0 Å². The zero-order chi connectivity index (χ0) is 13.9. The number of rotatable bonds is 4. The molecule has 1 saturated heterocycles. The quantitative estimate of drug-likeness (QED) is 0.890. The molecule has 6 heteroatoms. The van der Waals surface area contributed by atoms with Crippen LogP contribution in [0.3, 0.4) is 0 Å². The molecule has 1 aliphatic rings. The van der Waals surface area contributed by atoms with Gasteiger partial charge in [0.15, 0.2) is 0 Å². The zero-order valence-corrected chi connectivity index (χ0v) is 11.7. The molecule has 0 aliphatic carbocycles. The Morgan fingerprint density at radius 2 is 2.32 bits per heavy atom. The largest absolute Gasteiger partial charge is 0.313 e. The molecule has 0 saturated carbocycles. The second-order valence-electron chi connectivity index (χ2n) is 4.72. The number of hydrogen-bond acceptors (Lipinski definition) is 4. The van der Waals surface area contributed by atoms with Gasteiger partial charge in [0.1, 0.15) is 0 Å². The Labute approximate surface area is 113 Å². The second kappa shape index (κ2) is 5.70. The lowest BCUT2D eigenvalue weighted by Gasteiger charge is -2.21. The third-order valence-corrected chi connectivity index (χ3v) is 5.13. The summed E-state index contributed by atoms with van der Waals surface area (Å²) in [5, 5.41) is 12.1. The molecule has 1 unspecified atom stereocenters. The number of nitriles is 1. The second-order valence-corrected chi connectivity index (χ2v) is 6.76. The van der Waals surface area contributed by atoms with Crippen LogP contribution in [0, 0.1) is 11.3 Å². The Balaban J connectivity index is 2.18. The van der Waals surface area contributed by atoms with Crippen LogP contribution in [0.15, 0.2) is 29.2 Å². The van der Waals surface area contributed by atoms with Gasteiger partial charge in [-0.2, -0.15) is 9.57 Å². The van der Waals surface area contributed by atoms with Crippen LogP contribution in [0.5, 0.6) is 0 Å². The van der Waals surface area contributed by atoms with E-state index in [2.05, 4.69) is 5.32 Å². The van der Waals surface area contributed by atoms with Gasteiger partial charge in [-0.05, 0) is 37.6 Å². The summed E-state index contributed by atoms with van der Waals surface area (Å²) in [6.45, 7) is 1.40. The van der Waals surface area contributed by atoms with Crippen molar-refractivity contribution in [3.05, 3.63) is 29.8 Å². The molecule has 0 bridgehead atoms. The highest BCUT2D eigenvalue weighted by Gasteiger charge is 2.25. The maximum atomic E-state index is 12.4. The molecule has 0 aromatic heterocycles. The van der Waals surface area contributed by atoms with Crippen molar-refractivity contribution < 1.29 is 8.42 Å². The maximum absolute atomic E-state index is 12.4. The van der Waals surface area contributed by atoms with Crippen molar-refractivity contribution in [2.45, 2.75) is 23.8 Å². The molecular weight excluding hydrogens is 262 g/mol. The van der Waals surface area contributed by atoms with E-state index in [0.29, 0.717) is 12.1 Å². The molecule has 1 fully saturated rings. The van der Waals surface area contributed by atoms with E-state index in [-0.39, 0.29) is 10.9 Å². The molecule has 19 heavy (non-hydrogen) atoms. The summed E-state index contributed by atoms with van der Waals surface area (Å²) in [5.41, 5.74) is 0.355. The van der Waals surface area contributed by atoms with E-state index >= 15 is 0 Å². The van der Waals surface area contributed by atoms with Gasteiger partial charge < -0.3 is 5.32 Å². The fourth-order valence-corrected chi connectivity index (χ4v) is 3.49. The fraction of sp³-hybridized carbons (Fsp3) is 0.462. The van der Waals surface area contributed by atoms with Crippen molar-refractivity contribution in [2.24, 2.45) is 0 Å². The van der Waals surface area contributed by atoms with E-state index in [4.69, 9.17) is 5.26 Å². The van der Waals surface area contributed by atoms with Gasteiger partial charge in [0, 0.05) is 19.6 Å². The Morgan fingerprint density at radius 3 is 2.95 bits per heavy atom. The predicted octanol–water partition coefficient (Wildman–Crippen LogP) is 0.931. The summed E-state index contributed by atoms with van der Waals surface area (Å²) in [6, 6.07) is 8.30. The Bertz CT molecular complexity index is 586. The third-order valence-electron chi connectivity index (χ3n) is 3.31. The lowest BCUT2D eigenvalue weighted by Crippen LogP contribution is -2.38. The number of hydrogen-bond donors (Lipinski definition) is 1. The minimum absolute atomic E-state index is 0.173. The van der Waals surface area contributed by atoms with Gasteiger partial charge in [-0.3, -0.25) is 0 Å². The number of nitrogens with zero attached hydrogens (tertiary/aromatic N) is 2. The summed E-state index contributed by atoms with van der Waals surface area (Å²) in [7, 11) is -1.94. The standard InChI is InChI=1S/C13H17N3O2S/c1-16(10-12-5-3-7-15-12)19(17,18)13-6-2-4-11(8-13)9-14/h2,4,6,8,12,15H,3,5,7,10H2,1H3. The zero-order valence-electron chi connectivity index (χ0n) is 10.8. The van der Waals surface area contributed by atoms with Crippen LogP contribution < -0.4 is 5.32 Å². The van der Waals surface area contributed by atoms with Crippen molar-refractivity contribution in [1.82, 2.24) is 9.62 Å². The molecule has 0 radical (unpaired) electrons. The normalized spacial score (nSPS) is 19.5. The lowest BCUT2D eigenvalue weighted by atomic mass is 10.2. The SMILES string of the molecule is CN(CC1CCCN1)S(=O)(=O)c1cccc(C#N)c1. The average Bonchev–Trinajstić information content (AvgIpc) is 2.91. The molecule has 1 aromatic carbocycles. The third kappa shape index (κ3) is 3.13. The average molecular weight is 279 g/mol. The fourth-order valence-electron chi connectivity index (χ4n) is 2.23. The van der Waals surface area contributed by atoms with Crippen LogP contribution in [0.4, 0.5) is 0 Å². The minimum atomic E-state index is -3.52. The number of likely N-dealkylation sites (N-methyl/N-ethyl adjacent to an activating group) is 1. The summed E-state index contributed by atoms with van der Waals surface area (Å²) in [5.74, 6) is 0. The van der Waals surface area contributed by atoms with E-state index < -0.39 is 10.0 Å². The monoisotopic (exact) mass is 279 g/mol. The van der Waals surface area contributed by atoms with Crippen molar-refractivity contribution in [1.29, 1.82) is 5.26 Å². The highest BCUT2D eigenvalue weighted by atomic mass is 32.2. The van der Waals surface area contributed by atoms with Gasteiger partial charge in [-0.25, -0.2) is 8.42 Å².